The van der Waals surface area contributed by atoms with Crippen molar-refractivity contribution in [2.45, 2.75) is 31.1 Å². The highest BCUT2D eigenvalue weighted by Crippen LogP contribution is 2.24. The van der Waals surface area contributed by atoms with Crippen LogP contribution < -0.4 is 5.32 Å². The molecule has 0 spiro atoms. The summed E-state index contributed by atoms with van der Waals surface area (Å²) in [6.45, 7) is 4.14. The molecule has 1 aliphatic heterocycles. The van der Waals surface area contributed by atoms with Crippen LogP contribution in [0.5, 0.6) is 0 Å². The monoisotopic (exact) mass is 389 g/mol. The zero-order valence-electron chi connectivity index (χ0n) is 15.1. The molecule has 1 aromatic rings. The highest BCUT2D eigenvalue weighted by Gasteiger charge is 2.28. The van der Waals surface area contributed by atoms with Crippen LogP contribution in [0.15, 0.2) is 23.1 Å². The van der Waals surface area contributed by atoms with Gasteiger partial charge in [-0.05, 0) is 44.5 Å². The van der Waals surface area contributed by atoms with Crippen LogP contribution in [-0.4, -0.2) is 63.8 Å². The van der Waals surface area contributed by atoms with Gasteiger partial charge in [0, 0.05) is 38.8 Å². The summed E-state index contributed by atoms with van der Waals surface area (Å²) in [4.78, 5) is 14.4. The standard InChI is InChI=1S/C17H27N3O3S.ClH/c1-14-7-8-15(17(21)19(3)12-9-18-2)13-16(14)24(22,23)20-10-5-4-6-11-20;/h7-8,13,18H,4-6,9-12H2,1-3H3;1H. The Hall–Kier alpha value is -1.15. The number of halogens is 1. The molecule has 0 bridgehead atoms. The fourth-order valence-corrected chi connectivity index (χ4v) is 4.62. The first kappa shape index (κ1) is 21.9. The maximum atomic E-state index is 12.9. The second kappa shape index (κ2) is 9.52. The summed E-state index contributed by atoms with van der Waals surface area (Å²) in [7, 11) is 0.00633. The molecule has 0 atom stereocenters. The minimum atomic E-state index is -3.54. The Morgan fingerprint density at radius 1 is 1.24 bits per heavy atom. The van der Waals surface area contributed by atoms with E-state index in [2.05, 4.69) is 5.32 Å². The number of benzene rings is 1. The number of piperidine rings is 1. The molecule has 1 aliphatic rings. The van der Waals surface area contributed by atoms with E-state index in [-0.39, 0.29) is 23.2 Å². The van der Waals surface area contributed by atoms with Crippen LogP contribution in [-0.2, 0) is 10.0 Å². The van der Waals surface area contributed by atoms with Gasteiger partial charge in [-0.3, -0.25) is 4.79 Å². The van der Waals surface area contributed by atoms with Crippen molar-refractivity contribution in [2.24, 2.45) is 0 Å². The molecular formula is C17H28ClN3O3S. The highest BCUT2D eigenvalue weighted by molar-refractivity contribution is 7.89. The Kier molecular flexibility index (Phi) is 8.34. The van der Waals surface area contributed by atoms with Gasteiger partial charge in [0.1, 0.15) is 0 Å². The number of carbonyl (C=O) groups is 1. The van der Waals surface area contributed by atoms with Crippen LogP contribution in [0, 0.1) is 6.92 Å². The Bertz CT molecular complexity index is 688. The van der Waals surface area contributed by atoms with Crippen molar-refractivity contribution in [3.63, 3.8) is 0 Å². The molecule has 0 radical (unpaired) electrons. The summed E-state index contributed by atoms with van der Waals surface area (Å²) < 4.78 is 27.4. The quantitative estimate of drug-likeness (QED) is 0.806. The van der Waals surface area contributed by atoms with E-state index in [0.29, 0.717) is 37.3 Å². The second-order valence-corrected chi connectivity index (χ2v) is 8.18. The van der Waals surface area contributed by atoms with Gasteiger partial charge in [0.05, 0.1) is 4.90 Å². The first-order valence-electron chi connectivity index (χ1n) is 8.39. The minimum Gasteiger partial charge on any atom is -0.340 e. The molecule has 0 aromatic heterocycles. The molecule has 8 heteroatoms. The van der Waals surface area contributed by atoms with Crippen LogP contribution in [0.4, 0.5) is 0 Å². The van der Waals surface area contributed by atoms with Crippen LogP contribution in [0.25, 0.3) is 0 Å². The smallest absolute Gasteiger partial charge is 0.253 e. The molecule has 2 rings (SSSR count). The Balaban J connectivity index is 0.00000312. The van der Waals surface area contributed by atoms with Crippen LogP contribution in [0.3, 0.4) is 0 Å². The number of likely N-dealkylation sites (N-methyl/N-ethyl adjacent to an activating group) is 2. The summed E-state index contributed by atoms with van der Waals surface area (Å²) in [5.41, 5.74) is 1.09. The lowest BCUT2D eigenvalue weighted by Crippen LogP contribution is -2.36. The lowest BCUT2D eigenvalue weighted by Gasteiger charge is -2.27. The average Bonchev–Trinajstić information content (AvgIpc) is 2.60. The third-order valence-electron chi connectivity index (χ3n) is 4.41. The molecule has 1 heterocycles. The van der Waals surface area contributed by atoms with E-state index in [0.717, 1.165) is 19.3 Å². The Morgan fingerprint density at radius 3 is 2.48 bits per heavy atom. The lowest BCUT2D eigenvalue weighted by atomic mass is 10.1. The van der Waals surface area contributed by atoms with Gasteiger partial charge >= 0.3 is 0 Å². The molecule has 1 saturated heterocycles. The molecule has 6 nitrogen and oxygen atoms in total. The van der Waals surface area contributed by atoms with Gasteiger partial charge in [-0.2, -0.15) is 4.31 Å². The average molecular weight is 390 g/mol. The van der Waals surface area contributed by atoms with E-state index in [1.807, 2.05) is 7.05 Å². The maximum Gasteiger partial charge on any atom is 0.253 e. The number of hydrogen-bond donors (Lipinski definition) is 1. The Morgan fingerprint density at radius 2 is 1.88 bits per heavy atom. The predicted octanol–water partition coefficient (Wildman–Crippen LogP) is 1.88. The van der Waals surface area contributed by atoms with E-state index in [4.69, 9.17) is 0 Å². The van der Waals surface area contributed by atoms with Crippen molar-refractivity contribution in [1.82, 2.24) is 14.5 Å². The van der Waals surface area contributed by atoms with Gasteiger partial charge in [-0.15, -0.1) is 12.4 Å². The number of carbonyl (C=O) groups excluding carboxylic acids is 1. The number of sulfonamides is 1. The number of aryl methyl sites for hydroxylation is 1. The van der Waals surface area contributed by atoms with Gasteiger partial charge in [0.2, 0.25) is 10.0 Å². The number of nitrogens with one attached hydrogen (secondary N) is 1. The molecule has 0 unspecified atom stereocenters. The van der Waals surface area contributed by atoms with Gasteiger partial charge < -0.3 is 10.2 Å². The highest BCUT2D eigenvalue weighted by atomic mass is 35.5. The topological polar surface area (TPSA) is 69.7 Å². The van der Waals surface area contributed by atoms with Gasteiger partial charge in [0.25, 0.3) is 5.91 Å². The predicted molar refractivity (Wildman–Crippen MR) is 102 cm³/mol. The Labute approximate surface area is 157 Å². The number of rotatable bonds is 6. The van der Waals surface area contributed by atoms with Crippen molar-refractivity contribution >= 4 is 28.3 Å². The van der Waals surface area contributed by atoms with Crippen molar-refractivity contribution in [3.05, 3.63) is 29.3 Å². The summed E-state index contributed by atoms with van der Waals surface area (Å²) >= 11 is 0. The van der Waals surface area contributed by atoms with Crippen LogP contribution in [0.2, 0.25) is 0 Å². The van der Waals surface area contributed by atoms with E-state index in [1.165, 1.54) is 10.4 Å². The number of nitrogens with zero attached hydrogens (tertiary/aromatic N) is 2. The fraction of sp³-hybridized carbons (Fsp3) is 0.588. The molecule has 1 aromatic carbocycles. The zero-order chi connectivity index (χ0) is 17.7. The molecule has 142 valence electrons. The first-order chi connectivity index (χ1) is 11.4. The summed E-state index contributed by atoms with van der Waals surface area (Å²) in [5.74, 6) is -0.166. The molecular weight excluding hydrogens is 362 g/mol. The zero-order valence-corrected chi connectivity index (χ0v) is 16.8. The van der Waals surface area contributed by atoms with Gasteiger partial charge in [-0.25, -0.2) is 8.42 Å². The first-order valence-corrected chi connectivity index (χ1v) is 9.83. The SMILES string of the molecule is CNCCN(C)C(=O)c1ccc(C)c(S(=O)(=O)N2CCCCC2)c1.Cl. The third kappa shape index (κ3) is 5.17. The molecule has 1 amide bonds. The summed E-state index contributed by atoms with van der Waals surface area (Å²) in [6, 6.07) is 4.94. The molecule has 0 aliphatic carbocycles. The second-order valence-electron chi connectivity index (χ2n) is 6.28. The van der Waals surface area contributed by atoms with E-state index in [9.17, 15) is 13.2 Å². The van der Waals surface area contributed by atoms with Crippen LogP contribution >= 0.6 is 12.4 Å². The number of hydrogen-bond acceptors (Lipinski definition) is 4. The molecule has 1 fully saturated rings. The number of amides is 1. The van der Waals surface area contributed by atoms with Crippen molar-refractivity contribution in [1.29, 1.82) is 0 Å². The lowest BCUT2D eigenvalue weighted by molar-refractivity contribution is 0.0796. The van der Waals surface area contributed by atoms with E-state index < -0.39 is 10.0 Å². The van der Waals surface area contributed by atoms with E-state index in [1.54, 1.807) is 31.0 Å². The van der Waals surface area contributed by atoms with Crippen molar-refractivity contribution < 1.29 is 13.2 Å². The maximum absolute atomic E-state index is 12.9. The third-order valence-corrected chi connectivity index (χ3v) is 6.45. The van der Waals surface area contributed by atoms with Crippen LogP contribution in [0.1, 0.15) is 35.2 Å². The summed E-state index contributed by atoms with van der Waals surface area (Å²) in [5, 5.41) is 3.00. The van der Waals surface area contributed by atoms with E-state index >= 15 is 0 Å². The van der Waals surface area contributed by atoms with Crippen molar-refractivity contribution in [2.75, 3.05) is 40.3 Å². The molecule has 0 saturated carbocycles. The minimum absolute atomic E-state index is 0. The molecule has 25 heavy (non-hydrogen) atoms. The summed E-state index contributed by atoms with van der Waals surface area (Å²) in [6.07, 6.45) is 2.85. The van der Waals surface area contributed by atoms with Gasteiger partial charge in [-0.1, -0.05) is 12.5 Å². The normalized spacial score (nSPS) is 15.5. The van der Waals surface area contributed by atoms with Crippen molar-refractivity contribution in [3.8, 4) is 0 Å². The molecule has 1 N–H and O–H groups in total. The largest absolute Gasteiger partial charge is 0.340 e. The fourth-order valence-electron chi connectivity index (χ4n) is 2.86. The van der Waals surface area contributed by atoms with Gasteiger partial charge in [0.15, 0.2) is 0 Å².